The number of unbranched alkanes of at least 4 members (excludes halogenated alkanes) is 3. The van der Waals surface area contributed by atoms with Gasteiger partial charge in [-0.2, -0.15) is 0 Å². The van der Waals surface area contributed by atoms with Gasteiger partial charge >= 0.3 is 0 Å². The summed E-state index contributed by atoms with van der Waals surface area (Å²) in [5, 5.41) is 0. The van der Waals surface area contributed by atoms with Crippen LogP contribution in [0.25, 0.3) is 0 Å². The summed E-state index contributed by atoms with van der Waals surface area (Å²) in [6, 6.07) is 9.58. The third kappa shape index (κ3) is 4.12. The molecule has 0 aliphatic rings. The van der Waals surface area contributed by atoms with Crippen molar-refractivity contribution in [2.24, 2.45) is 0 Å². The van der Waals surface area contributed by atoms with Crippen LogP contribution in [-0.2, 0) is 6.42 Å². The highest BCUT2D eigenvalue weighted by molar-refractivity contribution is 5.21. The standard InChI is InChI=1S/C13H19/c1-3-4-5-6-9-13-10-7-8-12(2)11-13/h8,10-11H,3-6,9H2,1-2H3. The van der Waals surface area contributed by atoms with E-state index in [0.29, 0.717) is 0 Å². The van der Waals surface area contributed by atoms with Crippen molar-refractivity contribution in [3.8, 4) is 0 Å². The summed E-state index contributed by atoms with van der Waals surface area (Å²) in [6.45, 7) is 4.38. The third-order valence-corrected chi connectivity index (χ3v) is 2.31. The first kappa shape index (κ1) is 10.3. The second-order valence-corrected chi connectivity index (χ2v) is 3.73. The van der Waals surface area contributed by atoms with Crippen molar-refractivity contribution in [3.05, 3.63) is 35.4 Å². The fourth-order valence-corrected chi connectivity index (χ4v) is 1.56. The van der Waals surface area contributed by atoms with E-state index in [1.165, 1.54) is 43.2 Å². The first-order valence-corrected chi connectivity index (χ1v) is 5.29. The maximum Gasteiger partial charge on any atom is -0.0178 e. The van der Waals surface area contributed by atoms with Crippen molar-refractivity contribution in [1.29, 1.82) is 0 Å². The highest BCUT2D eigenvalue weighted by Gasteiger charge is 1.93. The molecule has 0 aliphatic heterocycles. The smallest absolute Gasteiger partial charge is 0.0178 e. The first-order chi connectivity index (χ1) is 6.33. The largest absolute Gasteiger partial charge is 0.0654 e. The molecule has 0 saturated heterocycles. The molecule has 0 unspecified atom stereocenters. The minimum absolute atomic E-state index is 1.22. The molecule has 0 heteroatoms. The Hall–Kier alpha value is -0.780. The van der Waals surface area contributed by atoms with E-state index in [1.54, 1.807) is 0 Å². The monoisotopic (exact) mass is 175 g/mol. The molecule has 0 aliphatic carbocycles. The number of rotatable bonds is 5. The highest BCUT2D eigenvalue weighted by atomic mass is 14.0. The zero-order valence-corrected chi connectivity index (χ0v) is 8.77. The van der Waals surface area contributed by atoms with Gasteiger partial charge in [0, 0.05) is 0 Å². The molecule has 13 heavy (non-hydrogen) atoms. The van der Waals surface area contributed by atoms with Gasteiger partial charge in [0.15, 0.2) is 0 Å². The van der Waals surface area contributed by atoms with E-state index in [1.807, 2.05) is 6.07 Å². The highest BCUT2D eigenvalue weighted by Crippen LogP contribution is 2.09. The number of aryl methyl sites for hydroxylation is 2. The number of hydrogen-bond donors (Lipinski definition) is 0. The fraction of sp³-hybridized carbons (Fsp3) is 0.538. The quantitative estimate of drug-likeness (QED) is 0.595. The van der Waals surface area contributed by atoms with E-state index < -0.39 is 0 Å². The predicted molar refractivity (Wildman–Crippen MR) is 57.9 cm³/mol. The summed E-state index contributed by atoms with van der Waals surface area (Å²) in [6.07, 6.45) is 6.60. The summed E-state index contributed by atoms with van der Waals surface area (Å²) in [5.74, 6) is 0. The van der Waals surface area contributed by atoms with Crippen LogP contribution in [0.4, 0.5) is 0 Å². The van der Waals surface area contributed by atoms with Crippen molar-refractivity contribution in [2.45, 2.75) is 46.0 Å². The lowest BCUT2D eigenvalue weighted by Crippen LogP contribution is -1.86. The first-order valence-electron chi connectivity index (χ1n) is 5.29. The minimum Gasteiger partial charge on any atom is -0.0654 e. The van der Waals surface area contributed by atoms with Crippen LogP contribution in [0.2, 0.25) is 0 Å². The number of hydrogen-bond acceptors (Lipinski definition) is 0. The van der Waals surface area contributed by atoms with Gasteiger partial charge in [0.25, 0.3) is 0 Å². The molecule has 0 amide bonds. The molecule has 0 nitrogen and oxygen atoms in total. The zero-order chi connectivity index (χ0) is 9.52. The van der Waals surface area contributed by atoms with Crippen LogP contribution < -0.4 is 0 Å². The lowest BCUT2D eigenvalue weighted by molar-refractivity contribution is 0.666. The second kappa shape index (κ2) is 5.80. The average molecular weight is 175 g/mol. The van der Waals surface area contributed by atoms with Crippen molar-refractivity contribution in [2.75, 3.05) is 0 Å². The summed E-state index contributed by atoms with van der Waals surface area (Å²) in [4.78, 5) is 0. The van der Waals surface area contributed by atoms with E-state index in [9.17, 15) is 0 Å². The van der Waals surface area contributed by atoms with Gasteiger partial charge in [0.1, 0.15) is 0 Å². The Balaban J connectivity index is 2.28. The SMILES string of the molecule is CCCCCCc1c[c]cc(C)c1. The molecule has 0 bridgehead atoms. The summed E-state index contributed by atoms with van der Waals surface area (Å²) >= 11 is 0. The maximum atomic E-state index is 3.17. The molecule has 0 spiro atoms. The molecule has 0 aromatic heterocycles. The zero-order valence-electron chi connectivity index (χ0n) is 8.77. The lowest BCUT2D eigenvalue weighted by Gasteiger charge is -2.01. The van der Waals surface area contributed by atoms with Gasteiger partial charge in [-0.1, -0.05) is 49.9 Å². The maximum absolute atomic E-state index is 3.17. The van der Waals surface area contributed by atoms with E-state index in [4.69, 9.17) is 0 Å². The van der Waals surface area contributed by atoms with E-state index in [-0.39, 0.29) is 0 Å². The predicted octanol–water partition coefficient (Wildman–Crippen LogP) is 3.92. The summed E-state index contributed by atoms with van der Waals surface area (Å²) in [7, 11) is 0. The Kier molecular flexibility index (Phi) is 4.59. The van der Waals surface area contributed by atoms with E-state index in [2.05, 4.69) is 32.0 Å². The molecular weight excluding hydrogens is 156 g/mol. The molecule has 71 valence electrons. The van der Waals surface area contributed by atoms with Crippen LogP contribution in [0.3, 0.4) is 0 Å². The lowest BCUT2D eigenvalue weighted by atomic mass is 10.0. The summed E-state index contributed by atoms with van der Waals surface area (Å²) in [5.41, 5.74) is 2.77. The Morgan fingerprint density at radius 1 is 1.15 bits per heavy atom. The van der Waals surface area contributed by atoms with E-state index in [0.717, 1.165) is 0 Å². The van der Waals surface area contributed by atoms with Crippen LogP contribution in [0, 0.1) is 13.0 Å². The van der Waals surface area contributed by atoms with Crippen molar-refractivity contribution < 1.29 is 0 Å². The van der Waals surface area contributed by atoms with Crippen LogP contribution in [0.1, 0.15) is 43.7 Å². The molecule has 1 aromatic carbocycles. The Morgan fingerprint density at radius 3 is 2.69 bits per heavy atom. The molecule has 0 heterocycles. The Morgan fingerprint density at radius 2 is 2.00 bits per heavy atom. The molecule has 0 fully saturated rings. The van der Waals surface area contributed by atoms with Gasteiger partial charge < -0.3 is 0 Å². The average Bonchev–Trinajstić information content (AvgIpc) is 2.13. The van der Waals surface area contributed by atoms with Crippen LogP contribution >= 0.6 is 0 Å². The Bertz CT molecular complexity index is 238. The summed E-state index contributed by atoms with van der Waals surface area (Å²) < 4.78 is 0. The topological polar surface area (TPSA) is 0 Å². The van der Waals surface area contributed by atoms with Crippen molar-refractivity contribution in [3.63, 3.8) is 0 Å². The Labute approximate surface area is 82.0 Å². The van der Waals surface area contributed by atoms with Crippen LogP contribution in [0.5, 0.6) is 0 Å². The van der Waals surface area contributed by atoms with Crippen molar-refractivity contribution in [1.82, 2.24) is 0 Å². The molecule has 1 radical (unpaired) electrons. The van der Waals surface area contributed by atoms with Gasteiger partial charge in [-0.3, -0.25) is 0 Å². The van der Waals surface area contributed by atoms with Crippen LogP contribution in [-0.4, -0.2) is 0 Å². The minimum atomic E-state index is 1.22. The van der Waals surface area contributed by atoms with Gasteiger partial charge in [-0.25, -0.2) is 0 Å². The van der Waals surface area contributed by atoms with Gasteiger partial charge in [0.05, 0.1) is 0 Å². The second-order valence-electron chi connectivity index (χ2n) is 3.73. The number of benzene rings is 1. The normalized spacial score (nSPS) is 10.3. The molecule has 0 saturated carbocycles. The van der Waals surface area contributed by atoms with Gasteiger partial charge in [-0.15, -0.1) is 0 Å². The fourth-order valence-electron chi connectivity index (χ4n) is 1.56. The molecule has 1 rings (SSSR count). The van der Waals surface area contributed by atoms with Gasteiger partial charge in [0.2, 0.25) is 0 Å². The molecule has 0 atom stereocenters. The molecular formula is C13H19. The van der Waals surface area contributed by atoms with Crippen LogP contribution in [0.15, 0.2) is 18.2 Å². The van der Waals surface area contributed by atoms with Gasteiger partial charge in [-0.05, 0) is 31.4 Å². The van der Waals surface area contributed by atoms with E-state index >= 15 is 0 Å². The third-order valence-electron chi connectivity index (χ3n) is 2.31. The molecule has 1 aromatic rings. The molecule has 0 N–H and O–H groups in total. The van der Waals surface area contributed by atoms with Crippen molar-refractivity contribution >= 4 is 0 Å².